The van der Waals surface area contributed by atoms with Crippen molar-refractivity contribution in [3.8, 4) is 0 Å². The first-order valence-corrected chi connectivity index (χ1v) is 6.24. The number of aliphatic imine (C=N–C) groups is 1. The number of hydrogen-bond donors (Lipinski definition) is 3. The lowest BCUT2D eigenvalue weighted by Crippen LogP contribution is -2.37. The molecule has 1 aliphatic heterocycles. The first kappa shape index (κ1) is 12.9. The summed E-state index contributed by atoms with van der Waals surface area (Å²) in [6.07, 6.45) is 1.06. The van der Waals surface area contributed by atoms with Crippen LogP contribution in [0, 0.1) is 5.92 Å². The zero-order valence-corrected chi connectivity index (χ0v) is 10.6. The fraction of sp³-hybridized carbons (Fsp3) is 0.462. The van der Waals surface area contributed by atoms with Gasteiger partial charge >= 0.3 is 0 Å². The van der Waals surface area contributed by atoms with Gasteiger partial charge in [0.25, 0.3) is 0 Å². The number of nitrogens with one attached hydrogen (secondary N) is 2. The Hall–Kier alpha value is -1.59. The van der Waals surface area contributed by atoms with Gasteiger partial charge in [0.05, 0.1) is 12.6 Å². The van der Waals surface area contributed by atoms with Crippen molar-refractivity contribution < 1.29 is 4.74 Å². The lowest BCUT2D eigenvalue weighted by Gasteiger charge is -2.16. The molecular weight excluding hydrogens is 228 g/mol. The van der Waals surface area contributed by atoms with Gasteiger partial charge in [-0.3, -0.25) is 5.43 Å². The lowest BCUT2D eigenvalue weighted by atomic mass is 10.0. The third-order valence-electron chi connectivity index (χ3n) is 3.15. The van der Waals surface area contributed by atoms with Gasteiger partial charge in [-0.05, 0) is 25.5 Å². The fourth-order valence-corrected chi connectivity index (χ4v) is 2.01. The minimum atomic E-state index is 0.190. The van der Waals surface area contributed by atoms with Crippen LogP contribution in [0.15, 0.2) is 35.3 Å². The Bertz CT molecular complexity index is 387. The highest BCUT2D eigenvalue weighted by atomic mass is 16.5. The molecule has 2 rings (SSSR count). The molecule has 0 saturated carbocycles. The van der Waals surface area contributed by atoms with Gasteiger partial charge in [0, 0.05) is 18.2 Å². The number of anilines is 1. The van der Waals surface area contributed by atoms with Gasteiger partial charge in [0.1, 0.15) is 0 Å². The summed E-state index contributed by atoms with van der Waals surface area (Å²) < 4.78 is 5.37. The van der Waals surface area contributed by atoms with Crippen molar-refractivity contribution >= 4 is 11.6 Å². The van der Waals surface area contributed by atoms with Crippen LogP contribution in [0.25, 0.3) is 0 Å². The number of nitrogens with two attached hydrogens (primary N) is 1. The van der Waals surface area contributed by atoms with Crippen molar-refractivity contribution in [2.75, 3.05) is 18.5 Å². The molecule has 0 spiro atoms. The van der Waals surface area contributed by atoms with Crippen LogP contribution in [0.5, 0.6) is 0 Å². The third-order valence-corrected chi connectivity index (χ3v) is 3.15. The van der Waals surface area contributed by atoms with Crippen LogP contribution in [0.3, 0.4) is 0 Å². The molecule has 18 heavy (non-hydrogen) atoms. The van der Waals surface area contributed by atoms with Crippen molar-refractivity contribution in [3.63, 3.8) is 0 Å². The van der Waals surface area contributed by atoms with Gasteiger partial charge in [0.2, 0.25) is 5.96 Å². The molecule has 5 nitrogen and oxygen atoms in total. The van der Waals surface area contributed by atoms with E-state index >= 15 is 0 Å². The minimum Gasteiger partial charge on any atom is -0.381 e. The van der Waals surface area contributed by atoms with Crippen molar-refractivity contribution in [3.05, 3.63) is 30.3 Å². The summed E-state index contributed by atoms with van der Waals surface area (Å²) >= 11 is 0. The maximum absolute atomic E-state index is 5.49. The first-order chi connectivity index (χ1) is 8.79. The average molecular weight is 248 g/mol. The molecule has 1 fully saturated rings. The second-order valence-electron chi connectivity index (χ2n) is 4.48. The highest BCUT2D eigenvalue weighted by Crippen LogP contribution is 2.19. The van der Waals surface area contributed by atoms with Crippen LogP contribution in [0.1, 0.15) is 13.3 Å². The zero-order valence-electron chi connectivity index (χ0n) is 10.6. The van der Waals surface area contributed by atoms with E-state index in [1.165, 1.54) is 0 Å². The molecule has 98 valence electrons. The van der Waals surface area contributed by atoms with Crippen molar-refractivity contribution in [1.82, 2.24) is 5.43 Å². The number of ether oxygens (including phenoxy) is 1. The van der Waals surface area contributed by atoms with E-state index in [2.05, 4.69) is 22.7 Å². The van der Waals surface area contributed by atoms with E-state index in [1.54, 1.807) is 0 Å². The molecule has 1 aromatic carbocycles. The summed E-state index contributed by atoms with van der Waals surface area (Å²) in [4.78, 5) is 4.56. The SMILES string of the molecule is CC(N=C(NN)Nc1ccccc1)C1CCOC1. The number of nitrogens with zero attached hydrogens (tertiary/aromatic N) is 1. The van der Waals surface area contributed by atoms with Gasteiger partial charge in [-0.2, -0.15) is 0 Å². The number of hydrazine groups is 1. The molecule has 2 unspecified atom stereocenters. The standard InChI is InChI=1S/C13H20N4O/c1-10(11-7-8-18-9-11)15-13(17-14)16-12-5-3-2-4-6-12/h2-6,10-11H,7-9,14H2,1H3,(H2,15,16,17). The Kier molecular flexibility index (Phi) is 4.55. The van der Waals surface area contributed by atoms with E-state index in [0.717, 1.165) is 25.3 Å². The Morgan fingerprint density at radius 3 is 2.83 bits per heavy atom. The van der Waals surface area contributed by atoms with E-state index in [-0.39, 0.29) is 6.04 Å². The molecule has 0 radical (unpaired) electrons. The lowest BCUT2D eigenvalue weighted by molar-refractivity contribution is 0.182. The molecule has 5 heteroatoms. The van der Waals surface area contributed by atoms with Gasteiger partial charge < -0.3 is 10.1 Å². The largest absolute Gasteiger partial charge is 0.381 e. The number of para-hydroxylation sites is 1. The summed E-state index contributed by atoms with van der Waals surface area (Å²) in [5, 5.41) is 3.16. The summed E-state index contributed by atoms with van der Waals surface area (Å²) in [5.41, 5.74) is 3.57. The number of rotatable bonds is 3. The van der Waals surface area contributed by atoms with Crippen LogP contribution in [0.4, 0.5) is 5.69 Å². The van der Waals surface area contributed by atoms with Crippen LogP contribution in [-0.2, 0) is 4.74 Å². The molecule has 0 bridgehead atoms. The highest BCUT2D eigenvalue weighted by Gasteiger charge is 2.22. The molecule has 1 saturated heterocycles. The summed E-state index contributed by atoms with van der Waals surface area (Å²) in [6.45, 7) is 3.71. The van der Waals surface area contributed by atoms with Crippen molar-refractivity contribution in [2.24, 2.45) is 16.8 Å². The van der Waals surface area contributed by atoms with Crippen molar-refractivity contribution in [2.45, 2.75) is 19.4 Å². The van der Waals surface area contributed by atoms with Gasteiger partial charge in [-0.25, -0.2) is 10.8 Å². The monoisotopic (exact) mass is 248 g/mol. The van der Waals surface area contributed by atoms with Gasteiger partial charge in [-0.15, -0.1) is 0 Å². The van der Waals surface area contributed by atoms with E-state index in [9.17, 15) is 0 Å². The van der Waals surface area contributed by atoms with E-state index in [1.807, 2.05) is 30.3 Å². The van der Waals surface area contributed by atoms with E-state index < -0.39 is 0 Å². The van der Waals surface area contributed by atoms with Crippen LogP contribution < -0.4 is 16.6 Å². The predicted octanol–water partition coefficient (Wildman–Crippen LogP) is 1.34. The van der Waals surface area contributed by atoms with Gasteiger partial charge in [-0.1, -0.05) is 18.2 Å². The topological polar surface area (TPSA) is 71.7 Å². The van der Waals surface area contributed by atoms with Crippen molar-refractivity contribution in [1.29, 1.82) is 0 Å². The fourth-order valence-electron chi connectivity index (χ4n) is 2.01. The number of hydrogen-bond acceptors (Lipinski definition) is 3. The summed E-state index contributed by atoms with van der Waals surface area (Å²) in [5.74, 6) is 6.55. The van der Waals surface area contributed by atoms with E-state index in [0.29, 0.717) is 11.9 Å². The minimum absolute atomic E-state index is 0.190. The first-order valence-electron chi connectivity index (χ1n) is 6.24. The molecule has 0 amide bonds. The quantitative estimate of drug-likeness (QED) is 0.327. The predicted molar refractivity (Wildman–Crippen MR) is 73.2 cm³/mol. The summed E-state index contributed by atoms with van der Waals surface area (Å²) in [7, 11) is 0. The molecule has 0 aliphatic carbocycles. The molecule has 2 atom stereocenters. The smallest absolute Gasteiger partial charge is 0.210 e. The molecular formula is C13H20N4O. The maximum Gasteiger partial charge on any atom is 0.210 e. The third kappa shape index (κ3) is 3.45. The van der Waals surface area contributed by atoms with E-state index in [4.69, 9.17) is 10.6 Å². The molecule has 1 aromatic rings. The molecule has 0 aromatic heterocycles. The zero-order chi connectivity index (χ0) is 12.8. The van der Waals surface area contributed by atoms with Crippen LogP contribution >= 0.6 is 0 Å². The van der Waals surface area contributed by atoms with Crippen LogP contribution in [-0.4, -0.2) is 25.2 Å². The Morgan fingerprint density at radius 1 is 1.44 bits per heavy atom. The average Bonchev–Trinajstić information content (AvgIpc) is 2.93. The Labute approximate surface area is 107 Å². The molecule has 4 N–H and O–H groups in total. The number of guanidine groups is 1. The Balaban J connectivity index is 1.98. The second-order valence-corrected chi connectivity index (χ2v) is 4.48. The Morgan fingerprint density at radius 2 is 2.22 bits per heavy atom. The maximum atomic E-state index is 5.49. The van der Waals surface area contributed by atoms with Gasteiger partial charge in [0.15, 0.2) is 0 Å². The summed E-state index contributed by atoms with van der Waals surface area (Å²) in [6, 6.07) is 10.0. The normalized spacial score (nSPS) is 21.7. The molecule has 1 aliphatic rings. The number of benzene rings is 1. The second kappa shape index (κ2) is 6.37. The van der Waals surface area contributed by atoms with Crippen LogP contribution in [0.2, 0.25) is 0 Å². The molecule has 1 heterocycles. The highest BCUT2D eigenvalue weighted by molar-refractivity contribution is 5.93.